The van der Waals surface area contributed by atoms with Gasteiger partial charge in [-0.05, 0) is 46.9 Å². The molecule has 0 atom stereocenters. The van der Waals surface area contributed by atoms with Crippen molar-refractivity contribution in [3.8, 4) is 11.5 Å². The van der Waals surface area contributed by atoms with Gasteiger partial charge in [-0.3, -0.25) is 0 Å². The van der Waals surface area contributed by atoms with E-state index in [4.69, 9.17) is 14.3 Å². The predicted octanol–water partition coefficient (Wildman–Crippen LogP) is 3.64. The summed E-state index contributed by atoms with van der Waals surface area (Å²) in [7, 11) is 1.60. The monoisotopic (exact) mass is 423 g/mol. The van der Waals surface area contributed by atoms with Crippen molar-refractivity contribution in [1.82, 2.24) is 0 Å². The van der Waals surface area contributed by atoms with Gasteiger partial charge >= 0.3 is 5.97 Å². The number of halogens is 1. The Kier molecular flexibility index (Phi) is 4.80. The third kappa shape index (κ3) is 3.47. The highest BCUT2D eigenvalue weighted by Crippen LogP contribution is 2.29. The molecule has 118 valence electrons. The van der Waals surface area contributed by atoms with E-state index in [1.807, 2.05) is 24.3 Å². The number of hydrogen-bond acceptors (Lipinski definition) is 5. The zero-order valence-electron chi connectivity index (χ0n) is 12.4. The number of rotatable bonds is 3. The van der Waals surface area contributed by atoms with Crippen LogP contribution in [0.2, 0.25) is 0 Å². The second kappa shape index (κ2) is 6.99. The van der Waals surface area contributed by atoms with E-state index >= 15 is 0 Å². The Balaban J connectivity index is 1.82. The molecular weight excluding hydrogens is 409 g/mol. The van der Waals surface area contributed by atoms with E-state index in [0.717, 1.165) is 9.13 Å². The van der Waals surface area contributed by atoms with Crippen LogP contribution in [-0.2, 0) is 4.84 Å². The fraction of sp³-hybridized carbons (Fsp3) is 0.176. The molecule has 5 nitrogen and oxygen atoms in total. The lowest BCUT2D eigenvalue weighted by atomic mass is 10.0. The van der Waals surface area contributed by atoms with Crippen LogP contribution in [0.1, 0.15) is 22.3 Å². The molecule has 6 heteroatoms. The summed E-state index contributed by atoms with van der Waals surface area (Å²) in [5, 5.41) is 4.04. The Morgan fingerprint density at radius 3 is 2.87 bits per heavy atom. The lowest BCUT2D eigenvalue weighted by Crippen LogP contribution is -2.17. The summed E-state index contributed by atoms with van der Waals surface area (Å²) in [6, 6.07) is 12.7. The summed E-state index contributed by atoms with van der Waals surface area (Å²) >= 11 is 2.09. The van der Waals surface area contributed by atoms with Crippen LogP contribution in [0.5, 0.6) is 11.5 Å². The Morgan fingerprint density at radius 2 is 2.09 bits per heavy atom. The van der Waals surface area contributed by atoms with Crippen molar-refractivity contribution >= 4 is 34.3 Å². The number of hydrogen-bond donors (Lipinski definition) is 0. The number of oxime groups is 1. The van der Waals surface area contributed by atoms with E-state index in [-0.39, 0.29) is 0 Å². The van der Waals surface area contributed by atoms with Gasteiger partial charge in [0.2, 0.25) is 0 Å². The Morgan fingerprint density at radius 1 is 1.26 bits per heavy atom. The first-order valence-corrected chi connectivity index (χ1v) is 8.11. The molecule has 23 heavy (non-hydrogen) atoms. The molecule has 1 aliphatic heterocycles. The van der Waals surface area contributed by atoms with E-state index in [1.165, 1.54) is 0 Å². The van der Waals surface area contributed by atoms with E-state index in [0.29, 0.717) is 35.8 Å². The van der Waals surface area contributed by atoms with Crippen molar-refractivity contribution in [2.24, 2.45) is 5.16 Å². The fourth-order valence-corrected chi connectivity index (χ4v) is 2.85. The normalized spacial score (nSPS) is 14.8. The van der Waals surface area contributed by atoms with Crippen LogP contribution in [0.15, 0.2) is 47.6 Å². The molecule has 2 aromatic rings. The molecule has 0 saturated carbocycles. The summed E-state index contributed by atoms with van der Waals surface area (Å²) in [5.74, 6) is 0.921. The van der Waals surface area contributed by atoms with Crippen molar-refractivity contribution in [3.05, 3.63) is 57.2 Å². The minimum absolute atomic E-state index is 0.468. The minimum atomic E-state index is -0.468. The standard InChI is InChI=1S/C17H14INO4/c1-21-11-6-7-13-15(8-9-22-16(13)10-11)19-23-17(20)12-4-2-3-5-14(12)18/h2-7,10H,8-9H2,1H3. The van der Waals surface area contributed by atoms with E-state index in [2.05, 4.69) is 27.7 Å². The summed E-state index contributed by atoms with van der Waals surface area (Å²) in [6.45, 7) is 0.486. The Bertz CT molecular complexity index is 773. The average Bonchev–Trinajstić information content (AvgIpc) is 2.59. The van der Waals surface area contributed by atoms with Gasteiger partial charge in [0.15, 0.2) is 0 Å². The molecule has 0 radical (unpaired) electrons. The molecule has 1 aliphatic rings. The predicted molar refractivity (Wildman–Crippen MR) is 94.2 cm³/mol. The highest BCUT2D eigenvalue weighted by atomic mass is 127. The molecule has 0 spiro atoms. The minimum Gasteiger partial charge on any atom is -0.497 e. The molecule has 0 aromatic heterocycles. The molecule has 0 fully saturated rings. The molecule has 0 amide bonds. The number of carbonyl (C=O) groups excluding carboxylic acids is 1. The molecule has 1 heterocycles. The lowest BCUT2D eigenvalue weighted by molar-refractivity contribution is 0.0513. The van der Waals surface area contributed by atoms with E-state index in [9.17, 15) is 4.79 Å². The first-order valence-electron chi connectivity index (χ1n) is 7.03. The first-order chi connectivity index (χ1) is 11.2. The fourth-order valence-electron chi connectivity index (χ4n) is 2.25. The third-order valence-electron chi connectivity index (χ3n) is 3.43. The number of methoxy groups -OCH3 is 1. The summed E-state index contributed by atoms with van der Waals surface area (Å²) < 4.78 is 11.6. The zero-order valence-corrected chi connectivity index (χ0v) is 14.6. The van der Waals surface area contributed by atoms with Gasteiger partial charge in [-0.2, -0.15) is 0 Å². The van der Waals surface area contributed by atoms with Crippen LogP contribution in [-0.4, -0.2) is 25.4 Å². The van der Waals surface area contributed by atoms with Gasteiger partial charge in [-0.15, -0.1) is 0 Å². The zero-order chi connectivity index (χ0) is 16.2. The van der Waals surface area contributed by atoms with Gasteiger partial charge in [0, 0.05) is 21.6 Å². The number of nitrogens with zero attached hydrogens (tertiary/aromatic N) is 1. The Labute approximate surface area is 147 Å². The number of fused-ring (bicyclic) bond motifs is 1. The summed E-state index contributed by atoms with van der Waals surface area (Å²) in [5.41, 5.74) is 2.00. The summed E-state index contributed by atoms with van der Waals surface area (Å²) in [4.78, 5) is 17.3. The summed E-state index contributed by atoms with van der Waals surface area (Å²) in [6.07, 6.45) is 0.582. The molecule has 0 unspecified atom stereocenters. The molecule has 0 bridgehead atoms. The van der Waals surface area contributed by atoms with Gasteiger partial charge in [-0.25, -0.2) is 4.79 Å². The second-order valence-electron chi connectivity index (χ2n) is 4.86. The van der Waals surface area contributed by atoms with Gasteiger partial charge in [-0.1, -0.05) is 17.3 Å². The van der Waals surface area contributed by atoms with Crippen molar-refractivity contribution in [2.45, 2.75) is 6.42 Å². The highest BCUT2D eigenvalue weighted by molar-refractivity contribution is 14.1. The molecule has 2 aromatic carbocycles. The SMILES string of the molecule is COc1ccc2c(c1)OCCC2=NOC(=O)c1ccccc1I. The second-order valence-corrected chi connectivity index (χ2v) is 6.02. The number of ether oxygens (including phenoxy) is 2. The highest BCUT2D eigenvalue weighted by Gasteiger charge is 2.19. The molecular formula is C17H14INO4. The molecule has 0 saturated heterocycles. The molecule has 0 aliphatic carbocycles. The van der Waals surface area contributed by atoms with Crippen LogP contribution in [0.4, 0.5) is 0 Å². The van der Waals surface area contributed by atoms with Crippen molar-refractivity contribution < 1.29 is 19.1 Å². The van der Waals surface area contributed by atoms with Crippen molar-refractivity contribution in [1.29, 1.82) is 0 Å². The van der Waals surface area contributed by atoms with E-state index < -0.39 is 5.97 Å². The van der Waals surface area contributed by atoms with Crippen LogP contribution < -0.4 is 9.47 Å². The third-order valence-corrected chi connectivity index (χ3v) is 4.37. The van der Waals surface area contributed by atoms with Gasteiger partial charge in [0.25, 0.3) is 0 Å². The smallest absolute Gasteiger partial charge is 0.366 e. The van der Waals surface area contributed by atoms with Gasteiger partial charge < -0.3 is 14.3 Å². The molecule has 0 N–H and O–H groups in total. The maximum Gasteiger partial charge on any atom is 0.366 e. The number of benzene rings is 2. The maximum absolute atomic E-state index is 12.1. The quantitative estimate of drug-likeness (QED) is 0.430. The van der Waals surface area contributed by atoms with Crippen LogP contribution in [0.3, 0.4) is 0 Å². The molecule has 3 rings (SSSR count). The van der Waals surface area contributed by atoms with Gasteiger partial charge in [0.1, 0.15) is 11.5 Å². The average molecular weight is 423 g/mol. The van der Waals surface area contributed by atoms with Crippen LogP contribution in [0, 0.1) is 3.57 Å². The largest absolute Gasteiger partial charge is 0.497 e. The van der Waals surface area contributed by atoms with E-state index in [1.54, 1.807) is 25.3 Å². The maximum atomic E-state index is 12.1. The van der Waals surface area contributed by atoms with Crippen LogP contribution in [0.25, 0.3) is 0 Å². The first kappa shape index (κ1) is 15.8. The Hall–Kier alpha value is -2.09. The number of carbonyl (C=O) groups is 1. The van der Waals surface area contributed by atoms with Crippen LogP contribution >= 0.6 is 22.6 Å². The lowest BCUT2D eigenvalue weighted by Gasteiger charge is -2.19. The van der Waals surface area contributed by atoms with Gasteiger partial charge in [0.05, 0.1) is 25.0 Å². The van der Waals surface area contributed by atoms with Crippen molar-refractivity contribution in [3.63, 3.8) is 0 Å². The van der Waals surface area contributed by atoms with Crippen molar-refractivity contribution in [2.75, 3.05) is 13.7 Å². The topological polar surface area (TPSA) is 57.1 Å².